The van der Waals surface area contributed by atoms with E-state index in [9.17, 15) is 4.79 Å². The molecule has 0 saturated heterocycles. The van der Waals surface area contributed by atoms with Crippen LogP contribution in [0.1, 0.15) is 46.7 Å². The summed E-state index contributed by atoms with van der Waals surface area (Å²) >= 11 is 1.57. The molecule has 0 radical (unpaired) electrons. The fraction of sp³-hybridized carbons (Fsp3) is 0.500. The molecule has 1 saturated carbocycles. The molecule has 6 nitrogen and oxygen atoms in total. The van der Waals surface area contributed by atoms with Crippen molar-refractivity contribution >= 4 is 17.3 Å². The Bertz CT molecular complexity index is 575. The van der Waals surface area contributed by atoms with Gasteiger partial charge in [-0.05, 0) is 19.8 Å². The number of carbonyl (C=O) groups is 1. The zero-order valence-corrected chi connectivity index (χ0v) is 11.4. The van der Waals surface area contributed by atoms with Crippen LogP contribution in [0.5, 0.6) is 0 Å². The Morgan fingerprint density at radius 3 is 3.05 bits per heavy atom. The molecule has 7 heteroatoms. The second kappa shape index (κ2) is 5.08. The zero-order valence-electron chi connectivity index (χ0n) is 10.6. The van der Waals surface area contributed by atoms with Gasteiger partial charge in [-0.25, -0.2) is 9.48 Å². The number of aromatic nitrogens is 4. The van der Waals surface area contributed by atoms with Gasteiger partial charge in [-0.3, -0.25) is 4.98 Å². The van der Waals surface area contributed by atoms with E-state index in [4.69, 9.17) is 4.74 Å². The number of rotatable bonds is 5. The summed E-state index contributed by atoms with van der Waals surface area (Å²) in [6.45, 7) is 2.75. The SMILES string of the molecule is CCOC(=O)c1nnn(Cc2cncs2)c1C1CC1. The second-order valence-corrected chi connectivity index (χ2v) is 5.41. The van der Waals surface area contributed by atoms with E-state index in [1.807, 2.05) is 6.20 Å². The first-order valence-electron chi connectivity index (χ1n) is 6.27. The number of ether oxygens (including phenoxy) is 1. The van der Waals surface area contributed by atoms with Crippen molar-refractivity contribution in [2.24, 2.45) is 0 Å². The largest absolute Gasteiger partial charge is 0.461 e. The molecule has 1 aliphatic rings. The van der Waals surface area contributed by atoms with Crippen LogP contribution in [0.2, 0.25) is 0 Å². The van der Waals surface area contributed by atoms with Gasteiger partial charge in [-0.1, -0.05) is 5.21 Å². The molecule has 3 rings (SSSR count). The fourth-order valence-corrected chi connectivity index (χ4v) is 2.59. The van der Waals surface area contributed by atoms with Crippen LogP contribution in [0.4, 0.5) is 0 Å². The smallest absolute Gasteiger partial charge is 0.360 e. The Balaban J connectivity index is 1.90. The van der Waals surface area contributed by atoms with Crippen molar-refractivity contribution < 1.29 is 9.53 Å². The van der Waals surface area contributed by atoms with Crippen LogP contribution in [0.25, 0.3) is 0 Å². The highest BCUT2D eigenvalue weighted by Gasteiger charge is 2.34. The average molecular weight is 278 g/mol. The van der Waals surface area contributed by atoms with Gasteiger partial charge in [0.05, 0.1) is 24.4 Å². The van der Waals surface area contributed by atoms with Crippen LogP contribution in [0.3, 0.4) is 0 Å². The van der Waals surface area contributed by atoms with Gasteiger partial charge in [0.2, 0.25) is 0 Å². The molecule has 0 unspecified atom stereocenters. The first-order valence-corrected chi connectivity index (χ1v) is 7.15. The van der Waals surface area contributed by atoms with Crippen molar-refractivity contribution in [2.75, 3.05) is 6.61 Å². The molecule has 0 aliphatic heterocycles. The lowest BCUT2D eigenvalue weighted by atomic mass is 10.2. The van der Waals surface area contributed by atoms with Crippen LogP contribution < -0.4 is 0 Å². The van der Waals surface area contributed by atoms with E-state index in [0.717, 1.165) is 23.4 Å². The van der Waals surface area contributed by atoms with Crippen molar-refractivity contribution in [3.05, 3.63) is 28.0 Å². The molecule has 2 aromatic rings. The van der Waals surface area contributed by atoms with Gasteiger partial charge < -0.3 is 4.74 Å². The third-order valence-electron chi connectivity index (χ3n) is 3.00. The normalized spacial score (nSPS) is 14.6. The van der Waals surface area contributed by atoms with Gasteiger partial charge in [0.1, 0.15) is 0 Å². The van der Waals surface area contributed by atoms with Gasteiger partial charge in [0.25, 0.3) is 0 Å². The maximum absolute atomic E-state index is 11.9. The predicted molar refractivity (Wildman–Crippen MR) is 69.2 cm³/mol. The van der Waals surface area contributed by atoms with Gasteiger partial charge in [-0.15, -0.1) is 16.4 Å². The molecule has 1 aliphatic carbocycles. The summed E-state index contributed by atoms with van der Waals surface area (Å²) in [4.78, 5) is 17.0. The topological polar surface area (TPSA) is 69.9 Å². The second-order valence-electron chi connectivity index (χ2n) is 4.44. The van der Waals surface area contributed by atoms with Crippen molar-refractivity contribution in [2.45, 2.75) is 32.2 Å². The van der Waals surface area contributed by atoms with E-state index in [-0.39, 0.29) is 5.97 Å². The summed E-state index contributed by atoms with van der Waals surface area (Å²) in [6.07, 6.45) is 3.98. The van der Waals surface area contributed by atoms with Crippen molar-refractivity contribution in [1.82, 2.24) is 20.0 Å². The molecule has 0 amide bonds. The number of nitrogens with zero attached hydrogens (tertiary/aromatic N) is 4. The van der Waals surface area contributed by atoms with Gasteiger partial charge >= 0.3 is 5.97 Å². The van der Waals surface area contributed by atoms with Crippen molar-refractivity contribution in [3.8, 4) is 0 Å². The third kappa shape index (κ3) is 2.51. The molecule has 1 fully saturated rings. The molecule has 0 N–H and O–H groups in total. The van der Waals surface area contributed by atoms with Crippen LogP contribution in [0.15, 0.2) is 11.7 Å². The maximum Gasteiger partial charge on any atom is 0.360 e. The molecule has 19 heavy (non-hydrogen) atoms. The number of thiazole rings is 1. The molecule has 2 aromatic heterocycles. The molecular weight excluding hydrogens is 264 g/mol. The summed E-state index contributed by atoms with van der Waals surface area (Å²) < 4.78 is 6.83. The molecule has 0 spiro atoms. The van der Waals surface area contributed by atoms with E-state index in [0.29, 0.717) is 24.8 Å². The fourth-order valence-electron chi connectivity index (χ4n) is 2.01. The highest BCUT2D eigenvalue weighted by molar-refractivity contribution is 7.09. The van der Waals surface area contributed by atoms with Crippen LogP contribution >= 0.6 is 11.3 Å². The van der Waals surface area contributed by atoms with Gasteiger partial charge in [-0.2, -0.15) is 0 Å². The van der Waals surface area contributed by atoms with Crippen molar-refractivity contribution in [3.63, 3.8) is 0 Å². The van der Waals surface area contributed by atoms with Crippen molar-refractivity contribution in [1.29, 1.82) is 0 Å². The minimum absolute atomic E-state index is 0.352. The molecule has 100 valence electrons. The highest BCUT2D eigenvalue weighted by Crippen LogP contribution is 2.41. The quantitative estimate of drug-likeness (QED) is 0.780. The predicted octanol–water partition coefficient (Wildman–Crippen LogP) is 1.84. The monoisotopic (exact) mass is 278 g/mol. The number of hydrogen-bond acceptors (Lipinski definition) is 6. The molecule has 0 aromatic carbocycles. The summed E-state index contributed by atoms with van der Waals surface area (Å²) in [5.41, 5.74) is 3.07. The molecule has 0 bridgehead atoms. The molecule has 0 atom stereocenters. The highest BCUT2D eigenvalue weighted by atomic mass is 32.1. The maximum atomic E-state index is 11.9. The Hall–Kier alpha value is -1.76. The third-order valence-corrected chi connectivity index (χ3v) is 3.76. The van der Waals surface area contributed by atoms with E-state index in [1.54, 1.807) is 28.5 Å². The lowest BCUT2D eigenvalue weighted by molar-refractivity contribution is 0.0518. The lowest BCUT2D eigenvalue weighted by Crippen LogP contribution is -2.10. The van der Waals surface area contributed by atoms with E-state index in [1.165, 1.54) is 0 Å². The zero-order chi connectivity index (χ0) is 13.2. The molecule has 2 heterocycles. The number of hydrogen-bond donors (Lipinski definition) is 0. The van der Waals surface area contributed by atoms with E-state index < -0.39 is 0 Å². The average Bonchev–Trinajstić information content (AvgIpc) is 2.95. The van der Waals surface area contributed by atoms with E-state index >= 15 is 0 Å². The van der Waals surface area contributed by atoms with Crippen LogP contribution in [0, 0.1) is 0 Å². The summed E-state index contributed by atoms with van der Waals surface area (Å²) in [7, 11) is 0. The number of esters is 1. The molecular formula is C12H14N4O2S. The minimum atomic E-state index is -0.375. The first-order chi connectivity index (χ1) is 9.29. The van der Waals surface area contributed by atoms with E-state index in [2.05, 4.69) is 15.3 Å². The summed E-state index contributed by atoms with van der Waals surface area (Å²) in [6, 6.07) is 0. The first kappa shape index (κ1) is 12.3. The Morgan fingerprint density at radius 1 is 1.58 bits per heavy atom. The Kier molecular flexibility index (Phi) is 3.29. The summed E-state index contributed by atoms with van der Waals surface area (Å²) in [5.74, 6) is 0.0160. The minimum Gasteiger partial charge on any atom is -0.461 e. The van der Waals surface area contributed by atoms with Gasteiger partial charge in [0, 0.05) is 17.0 Å². The van der Waals surface area contributed by atoms with Crippen LogP contribution in [-0.2, 0) is 11.3 Å². The van der Waals surface area contributed by atoms with Crippen LogP contribution in [-0.4, -0.2) is 32.6 Å². The summed E-state index contributed by atoms with van der Waals surface area (Å²) in [5, 5.41) is 8.10. The Morgan fingerprint density at radius 2 is 2.42 bits per heavy atom. The number of carbonyl (C=O) groups excluding carboxylic acids is 1. The Labute approximate surface area is 114 Å². The van der Waals surface area contributed by atoms with Gasteiger partial charge in [0.15, 0.2) is 5.69 Å². The lowest BCUT2D eigenvalue weighted by Gasteiger charge is -2.05. The standard InChI is InChI=1S/C12H14N4O2S/c1-2-18-12(17)10-11(8-3-4-8)16(15-14-10)6-9-5-13-7-19-9/h5,7-8H,2-4,6H2,1H3.